The van der Waals surface area contributed by atoms with Crippen molar-refractivity contribution >= 4 is 18.3 Å². The molecule has 24 heavy (non-hydrogen) atoms. The fourth-order valence-corrected chi connectivity index (χ4v) is 2.04. The van der Waals surface area contributed by atoms with Gasteiger partial charge in [-0.1, -0.05) is 37.6 Å². The third-order valence-corrected chi connectivity index (χ3v) is 3.81. The zero-order valence-electron chi connectivity index (χ0n) is 13.8. The van der Waals surface area contributed by atoms with E-state index >= 15 is 0 Å². The van der Waals surface area contributed by atoms with Crippen LogP contribution in [0, 0.1) is 11.7 Å². The molecule has 1 amide bonds. The molecule has 0 aliphatic rings. The van der Waals surface area contributed by atoms with Crippen molar-refractivity contribution in [3.05, 3.63) is 36.0 Å². The Morgan fingerprint density at radius 2 is 2.12 bits per heavy atom. The van der Waals surface area contributed by atoms with E-state index in [0.717, 1.165) is 6.42 Å². The first-order valence-corrected chi connectivity index (χ1v) is 7.57. The fraction of sp³-hybridized carbons (Fsp3) is 0.438. The Morgan fingerprint density at radius 1 is 1.42 bits per heavy atom. The van der Waals surface area contributed by atoms with Gasteiger partial charge in [0.2, 0.25) is 17.6 Å². The molecule has 3 atom stereocenters. The molecule has 3 unspecified atom stereocenters. The Hall–Kier alpha value is -1.99. The molecule has 0 radical (unpaired) electrons. The second-order valence-corrected chi connectivity index (χ2v) is 5.61. The predicted octanol–water partition coefficient (Wildman–Crippen LogP) is 2.85. The van der Waals surface area contributed by atoms with E-state index in [4.69, 9.17) is 10.3 Å². The number of carbonyl (C=O) groups is 1. The number of hydrogen-bond acceptors (Lipinski definition) is 5. The molecule has 1 aromatic heterocycles. The van der Waals surface area contributed by atoms with Crippen LogP contribution in [0.2, 0.25) is 0 Å². The van der Waals surface area contributed by atoms with Gasteiger partial charge in [0.15, 0.2) is 0 Å². The number of carbonyl (C=O) groups excluding carboxylic acids is 1. The topological polar surface area (TPSA) is 94.0 Å². The van der Waals surface area contributed by atoms with Gasteiger partial charge in [-0.2, -0.15) is 4.98 Å². The highest BCUT2D eigenvalue weighted by molar-refractivity contribution is 5.85. The Labute approximate surface area is 146 Å². The summed E-state index contributed by atoms with van der Waals surface area (Å²) in [5.74, 6) is -0.0550. The van der Waals surface area contributed by atoms with Crippen LogP contribution in [0.3, 0.4) is 0 Å². The second-order valence-electron chi connectivity index (χ2n) is 5.61. The number of nitrogens with zero attached hydrogens (tertiary/aromatic N) is 2. The van der Waals surface area contributed by atoms with Crippen LogP contribution in [0.25, 0.3) is 11.4 Å². The molecule has 1 aromatic carbocycles. The average molecular weight is 357 g/mol. The predicted molar refractivity (Wildman–Crippen MR) is 90.9 cm³/mol. The van der Waals surface area contributed by atoms with Gasteiger partial charge in [0, 0.05) is 5.56 Å². The van der Waals surface area contributed by atoms with E-state index in [1.807, 2.05) is 13.8 Å². The van der Waals surface area contributed by atoms with Gasteiger partial charge in [0.1, 0.15) is 11.9 Å². The molecule has 0 bridgehead atoms. The van der Waals surface area contributed by atoms with Gasteiger partial charge in [-0.15, -0.1) is 12.4 Å². The van der Waals surface area contributed by atoms with Crippen molar-refractivity contribution in [2.75, 3.05) is 0 Å². The van der Waals surface area contributed by atoms with Crippen LogP contribution >= 0.6 is 12.4 Å². The molecule has 2 aromatic rings. The SMILES string of the molecule is CCC(C)C(N)C(=O)NC(C)c1nc(-c2cccc(F)c2)no1.Cl. The minimum atomic E-state index is -0.590. The van der Waals surface area contributed by atoms with E-state index < -0.39 is 12.1 Å². The molecule has 0 fully saturated rings. The zero-order chi connectivity index (χ0) is 17.0. The Balaban J connectivity index is 0.00000288. The highest BCUT2D eigenvalue weighted by Crippen LogP contribution is 2.19. The van der Waals surface area contributed by atoms with Crippen LogP contribution in [-0.2, 0) is 4.79 Å². The van der Waals surface area contributed by atoms with E-state index in [0.29, 0.717) is 5.56 Å². The Bertz CT molecular complexity index is 680. The van der Waals surface area contributed by atoms with Gasteiger partial charge >= 0.3 is 0 Å². The first-order chi connectivity index (χ1) is 10.9. The van der Waals surface area contributed by atoms with Crippen LogP contribution in [0.15, 0.2) is 28.8 Å². The summed E-state index contributed by atoms with van der Waals surface area (Å²) in [5.41, 5.74) is 6.40. The summed E-state index contributed by atoms with van der Waals surface area (Å²) in [7, 11) is 0. The molecular weight excluding hydrogens is 335 g/mol. The van der Waals surface area contributed by atoms with Crippen molar-refractivity contribution in [2.45, 2.75) is 39.3 Å². The van der Waals surface area contributed by atoms with E-state index in [1.165, 1.54) is 12.1 Å². The summed E-state index contributed by atoms with van der Waals surface area (Å²) in [6.45, 7) is 5.62. The fourth-order valence-electron chi connectivity index (χ4n) is 2.04. The van der Waals surface area contributed by atoms with Crippen LogP contribution in [-0.4, -0.2) is 22.1 Å². The van der Waals surface area contributed by atoms with Gasteiger partial charge in [0.05, 0.1) is 6.04 Å². The summed E-state index contributed by atoms with van der Waals surface area (Å²) in [6.07, 6.45) is 0.813. The van der Waals surface area contributed by atoms with Crippen molar-refractivity contribution in [3.63, 3.8) is 0 Å². The summed E-state index contributed by atoms with van der Waals surface area (Å²) >= 11 is 0. The van der Waals surface area contributed by atoms with E-state index in [1.54, 1.807) is 19.1 Å². The average Bonchev–Trinajstić information content (AvgIpc) is 3.03. The molecule has 132 valence electrons. The summed E-state index contributed by atoms with van der Waals surface area (Å²) in [5, 5.41) is 6.57. The number of benzene rings is 1. The van der Waals surface area contributed by atoms with E-state index in [2.05, 4.69) is 15.5 Å². The largest absolute Gasteiger partial charge is 0.343 e. The minimum Gasteiger partial charge on any atom is -0.343 e. The summed E-state index contributed by atoms with van der Waals surface area (Å²) < 4.78 is 18.4. The number of nitrogens with two attached hydrogens (primary N) is 1. The lowest BCUT2D eigenvalue weighted by molar-refractivity contribution is -0.124. The molecule has 2 rings (SSSR count). The highest BCUT2D eigenvalue weighted by atomic mass is 35.5. The maximum absolute atomic E-state index is 13.2. The third kappa shape index (κ3) is 4.75. The number of halogens is 2. The highest BCUT2D eigenvalue weighted by Gasteiger charge is 2.23. The lowest BCUT2D eigenvalue weighted by atomic mass is 9.99. The molecule has 0 aliphatic heterocycles. The lowest BCUT2D eigenvalue weighted by Crippen LogP contribution is -2.45. The van der Waals surface area contributed by atoms with Gasteiger partial charge in [0.25, 0.3) is 0 Å². The molecule has 0 aliphatic carbocycles. The second kappa shape index (κ2) is 8.75. The van der Waals surface area contributed by atoms with Crippen molar-refractivity contribution in [1.82, 2.24) is 15.5 Å². The van der Waals surface area contributed by atoms with Crippen LogP contribution in [0.4, 0.5) is 4.39 Å². The molecular formula is C16H22ClFN4O2. The van der Waals surface area contributed by atoms with Crippen LogP contribution < -0.4 is 11.1 Å². The minimum absolute atomic E-state index is 0. The number of aromatic nitrogens is 2. The Kier molecular flexibility index (Phi) is 7.31. The third-order valence-electron chi connectivity index (χ3n) is 3.81. The molecule has 0 spiro atoms. The summed E-state index contributed by atoms with van der Waals surface area (Å²) in [6, 6.07) is 4.83. The van der Waals surface area contributed by atoms with E-state index in [9.17, 15) is 9.18 Å². The van der Waals surface area contributed by atoms with Crippen LogP contribution in [0.5, 0.6) is 0 Å². The molecule has 0 saturated heterocycles. The van der Waals surface area contributed by atoms with Crippen molar-refractivity contribution in [2.24, 2.45) is 11.7 Å². The maximum atomic E-state index is 13.2. The Morgan fingerprint density at radius 3 is 2.75 bits per heavy atom. The van der Waals surface area contributed by atoms with Gasteiger partial charge < -0.3 is 15.6 Å². The first-order valence-electron chi connectivity index (χ1n) is 7.57. The normalized spacial score (nSPS) is 14.4. The number of rotatable bonds is 6. The van der Waals surface area contributed by atoms with Crippen molar-refractivity contribution in [3.8, 4) is 11.4 Å². The summed E-state index contributed by atoms with van der Waals surface area (Å²) in [4.78, 5) is 16.3. The maximum Gasteiger partial charge on any atom is 0.249 e. The molecule has 1 heterocycles. The molecule has 3 N–H and O–H groups in total. The zero-order valence-corrected chi connectivity index (χ0v) is 14.6. The van der Waals surface area contributed by atoms with Crippen molar-refractivity contribution in [1.29, 1.82) is 0 Å². The quantitative estimate of drug-likeness (QED) is 0.830. The number of amides is 1. The number of hydrogen-bond donors (Lipinski definition) is 2. The molecule has 8 heteroatoms. The molecule has 0 saturated carbocycles. The van der Waals surface area contributed by atoms with Crippen molar-refractivity contribution < 1.29 is 13.7 Å². The van der Waals surface area contributed by atoms with Gasteiger partial charge in [-0.3, -0.25) is 4.79 Å². The lowest BCUT2D eigenvalue weighted by Gasteiger charge is -2.19. The van der Waals surface area contributed by atoms with Gasteiger partial charge in [-0.25, -0.2) is 4.39 Å². The number of nitrogens with one attached hydrogen (secondary N) is 1. The molecule has 6 nitrogen and oxygen atoms in total. The monoisotopic (exact) mass is 356 g/mol. The standard InChI is InChI=1S/C16H21FN4O2.ClH/c1-4-9(2)13(18)15(22)19-10(3)16-20-14(21-23-16)11-6-5-7-12(17)8-11;/h5-10,13H,4,18H2,1-3H3,(H,19,22);1H. The van der Waals surface area contributed by atoms with Crippen LogP contribution in [0.1, 0.15) is 39.1 Å². The van der Waals surface area contributed by atoms with E-state index in [-0.39, 0.29) is 41.8 Å². The first kappa shape index (κ1) is 20.1. The smallest absolute Gasteiger partial charge is 0.249 e. The van der Waals surface area contributed by atoms with Gasteiger partial charge in [-0.05, 0) is 25.0 Å².